The number of allylic oxidation sites excluding steroid dienone is 1. The third-order valence-corrected chi connectivity index (χ3v) is 3.23. The molecule has 96 valence electrons. The lowest BCUT2D eigenvalue weighted by Crippen LogP contribution is -1.99. The molecule has 2 aromatic carbocycles. The molecule has 0 unspecified atom stereocenters. The van der Waals surface area contributed by atoms with Crippen molar-refractivity contribution in [2.24, 2.45) is 0 Å². The number of nitrogen functional groups attached to an aromatic ring is 1. The van der Waals surface area contributed by atoms with Gasteiger partial charge in [0.1, 0.15) is 0 Å². The van der Waals surface area contributed by atoms with Gasteiger partial charge >= 0.3 is 0 Å². The van der Waals surface area contributed by atoms with Gasteiger partial charge < -0.3 is 5.73 Å². The highest BCUT2D eigenvalue weighted by atomic mass is 16.1. The fourth-order valence-electron chi connectivity index (χ4n) is 1.89. The topological polar surface area (TPSA) is 43.1 Å². The lowest BCUT2D eigenvalue weighted by atomic mass is 9.99. The van der Waals surface area contributed by atoms with E-state index in [1.165, 1.54) is 0 Å². The first-order valence-corrected chi connectivity index (χ1v) is 6.22. The lowest BCUT2D eigenvalue weighted by molar-refractivity contribution is 0.104. The summed E-state index contributed by atoms with van der Waals surface area (Å²) in [5.41, 5.74) is 10.2. The fourth-order valence-corrected chi connectivity index (χ4v) is 1.89. The van der Waals surface area contributed by atoms with Gasteiger partial charge in [-0.2, -0.15) is 0 Å². The molecule has 0 radical (unpaired) electrons. The molecule has 0 aliphatic rings. The third-order valence-electron chi connectivity index (χ3n) is 3.23. The van der Waals surface area contributed by atoms with Gasteiger partial charge in [0.25, 0.3) is 0 Å². The first-order valence-electron chi connectivity index (χ1n) is 6.22. The number of benzene rings is 2. The van der Waals surface area contributed by atoms with Crippen molar-refractivity contribution in [2.45, 2.75) is 13.8 Å². The monoisotopic (exact) mass is 251 g/mol. The van der Waals surface area contributed by atoms with Crippen LogP contribution in [-0.4, -0.2) is 5.78 Å². The van der Waals surface area contributed by atoms with Gasteiger partial charge in [0, 0.05) is 11.3 Å². The van der Waals surface area contributed by atoms with E-state index < -0.39 is 0 Å². The number of hydrogen-bond donors (Lipinski definition) is 1. The van der Waals surface area contributed by atoms with Crippen molar-refractivity contribution < 1.29 is 4.79 Å². The molecule has 0 aromatic heterocycles. The number of aryl methyl sites for hydroxylation is 1. The van der Waals surface area contributed by atoms with Crippen LogP contribution in [0.3, 0.4) is 0 Å². The van der Waals surface area contributed by atoms with E-state index in [9.17, 15) is 4.79 Å². The van der Waals surface area contributed by atoms with Crippen LogP contribution in [0.15, 0.2) is 48.5 Å². The first kappa shape index (κ1) is 13.1. The standard InChI is InChI=1S/C17H17NO/c1-12-4-3-5-16(13(12)2)17(19)11-8-14-6-9-15(18)10-7-14/h3-11H,18H2,1-2H3/b11-8+. The summed E-state index contributed by atoms with van der Waals surface area (Å²) < 4.78 is 0. The van der Waals surface area contributed by atoms with Gasteiger partial charge in [0.05, 0.1) is 0 Å². The van der Waals surface area contributed by atoms with E-state index in [0.717, 1.165) is 27.9 Å². The van der Waals surface area contributed by atoms with Gasteiger partial charge in [-0.25, -0.2) is 0 Å². The Hall–Kier alpha value is -2.35. The zero-order valence-electron chi connectivity index (χ0n) is 11.2. The molecule has 2 nitrogen and oxygen atoms in total. The minimum atomic E-state index is 0.0259. The number of nitrogens with two attached hydrogens (primary N) is 1. The molecular formula is C17H17NO. The van der Waals surface area contributed by atoms with E-state index in [0.29, 0.717) is 0 Å². The van der Waals surface area contributed by atoms with Crippen LogP contribution >= 0.6 is 0 Å². The SMILES string of the molecule is Cc1cccc(C(=O)/C=C/c2ccc(N)cc2)c1C. The summed E-state index contributed by atoms with van der Waals surface area (Å²) in [5, 5.41) is 0. The summed E-state index contributed by atoms with van der Waals surface area (Å²) in [6, 6.07) is 13.2. The van der Waals surface area contributed by atoms with E-state index in [4.69, 9.17) is 5.73 Å². The summed E-state index contributed by atoms with van der Waals surface area (Å²) in [7, 11) is 0. The van der Waals surface area contributed by atoms with Crippen molar-refractivity contribution in [3.63, 3.8) is 0 Å². The maximum atomic E-state index is 12.1. The summed E-state index contributed by atoms with van der Waals surface area (Å²) in [5.74, 6) is 0.0259. The minimum absolute atomic E-state index is 0.0259. The Labute approximate surface area is 113 Å². The molecule has 0 aliphatic heterocycles. The molecule has 2 heteroatoms. The van der Waals surface area contributed by atoms with E-state index in [-0.39, 0.29) is 5.78 Å². The van der Waals surface area contributed by atoms with E-state index in [1.807, 2.05) is 62.4 Å². The van der Waals surface area contributed by atoms with Crippen molar-refractivity contribution in [1.82, 2.24) is 0 Å². The molecule has 2 aromatic rings. The second-order valence-electron chi connectivity index (χ2n) is 4.61. The molecule has 0 atom stereocenters. The van der Waals surface area contributed by atoms with Crippen molar-refractivity contribution in [3.05, 3.63) is 70.8 Å². The highest BCUT2D eigenvalue weighted by Crippen LogP contribution is 2.14. The maximum absolute atomic E-state index is 12.1. The summed E-state index contributed by atoms with van der Waals surface area (Å²) >= 11 is 0. The predicted molar refractivity (Wildman–Crippen MR) is 80.1 cm³/mol. The molecule has 2 rings (SSSR count). The van der Waals surface area contributed by atoms with Gasteiger partial charge in [-0.3, -0.25) is 4.79 Å². The quantitative estimate of drug-likeness (QED) is 0.512. The Balaban J connectivity index is 2.21. The Morgan fingerprint density at radius 1 is 1.05 bits per heavy atom. The predicted octanol–water partition coefficient (Wildman–Crippen LogP) is 3.78. The van der Waals surface area contributed by atoms with Gasteiger partial charge in [-0.15, -0.1) is 0 Å². The molecule has 0 saturated carbocycles. The smallest absolute Gasteiger partial charge is 0.186 e. The number of ketones is 1. The van der Waals surface area contributed by atoms with Crippen molar-refractivity contribution in [3.8, 4) is 0 Å². The largest absolute Gasteiger partial charge is 0.399 e. The summed E-state index contributed by atoms with van der Waals surface area (Å²) in [6.45, 7) is 3.98. The van der Waals surface area contributed by atoms with Crippen LogP contribution in [0, 0.1) is 13.8 Å². The second-order valence-corrected chi connectivity index (χ2v) is 4.61. The van der Waals surface area contributed by atoms with Crippen LogP contribution < -0.4 is 5.73 Å². The Kier molecular flexibility index (Phi) is 3.81. The Morgan fingerprint density at radius 3 is 2.42 bits per heavy atom. The Morgan fingerprint density at radius 2 is 1.74 bits per heavy atom. The normalized spacial score (nSPS) is 10.8. The number of anilines is 1. The van der Waals surface area contributed by atoms with Crippen LogP contribution in [0.1, 0.15) is 27.0 Å². The molecule has 0 aliphatic carbocycles. The maximum Gasteiger partial charge on any atom is 0.186 e. The van der Waals surface area contributed by atoms with Crippen LogP contribution in [0.2, 0.25) is 0 Å². The van der Waals surface area contributed by atoms with E-state index in [1.54, 1.807) is 6.08 Å². The van der Waals surface area contributed by atoms with Crippen LogP contribution in [0.25, 0.3) is 6.08 Å². The van der Waals surface area contributed by atoms with Crippen molar-refractivity contribution >= 4 is 17.5 Å². The molecule has 0 bridgehead atoms. The van der Waals surface area contributed by atoms with Gasteiger partial charge in [0.2, 0.25) is 0 Å². The molecule has 0 fully saturated rings. The van der Waals surface area contributed by atoms with Crippen LogP contribution in [-0.2, 0) is 0 Å². The molecule has 0 spiro atoms. The second kappa shape index (κ2) is 5.53. The van der Waals surface area contributed by atoms with Crippen molar-refractivity contribution in [1.29, 1.82) is 0 Å². The first-order chi connectivity index (χ1) is 9.08. The molecular weight excluding hydrogens is 234 g/mol. The molecule has 2 N–H and O–H groups in total. The fraction of sp³-hybridized carbons (Fsp3) is 0.118. The molecule has 0 amide bonds. The average Bonchev–Trinajstić information content (AvgIpc) is 2.41. The average molecular weight is 251 g/mol. The number of carbonyl (C=O) groups is 1. The molecule has 0 saturated heterocycles. The summed E-state index contributed by atoms with van der Waals surface area (Å²) in [6.07, 6.45) is 3.41. The summed E-state index contributed by atoms with van der Waals surface area (Å²) in [4.78, 5) is 12.1. The number of rotatable bonds is 3. The Bertz CT molecular complexity index is 624. The van der Waals surface area contributed by atoms with Gasteiger partial charge in [-0.05, 0) is 48.7 Å². The zero-order chi connectivity index (χ0) is 13.8. The third kappa shape index (κ3) is 3.10. The van der Waals surface area contributed by atoms with E-state index >= 15 is 0 Å². The highest BCUT2D eigenvalue weighted by molar-refractivity contribution is 6.07. The zero-order valence-corrected chi connectivity index (χ0v) is 11.2. The number of carbonyl (C=O) groups excluding carboxylic acids is 1. The molecule has 0 heterocycles. The van der Waals surface area contributed by atoms with Crippen LogP contribution in [0.5, 0.6) is 0 Å². The molecule has 19 heavy (non-hydrogen) atoms. The minimum Gasteiger partial charge on any atom is -0.399 e. The lowest BCUT2D eigenvalue weighted by Gasteiger charge is -2.04. The van der Waals surface area contributed by atoms with Gasteiger partial charge in [-0.1, -0.05) is 36.4 Å². The van der Waals surface area contributed by atoms with Crippen LogP contribution in [0.4, 0.5) is 5.69 Å². The highest BCUT2D eigenvalue weighted by Gasteiger charge is 2.06. The van der Waals surface area contributed by atoms with Gasteiger partial charge in [0.15, 0.2) is 5.78 Å². The van der Waals surface area contributed by atoms with Crippen molar-refractivity contribution in [2.75, 3.05) is 5.73 Å². The number of hydrogen-bond acceptors (Lipinski definition) is 2. The van der Waals surface area contributed by atoms with E-state index in [2.05, 4.69) is 0 Å².